The van der Waals surface area contributed by atoms with Gasteiger partial charge in [0.05, 0.1) is 12.5 Å². The molecule has 128 valence electrons. The molecular weight excluding hydrogens is 302 g/mol. The third-order valence-corrected chi connectivity index (χ3v) is 4.83. The van der Waals surface area contributed by atoms with Crippen molar-refractivity contribution in [2.75, 3.05) is 19.4 Å². The predicted molar refractivity (Wildman–Crippen MR) is 89.1 cm³/mol. The van der Waals surface area contributed by atoms with Gasteiger partial charge in [0.15, 0.2) is 0 Å². The number of hydrogen-bond donors (Lipinski definition) is 0. The highest BCUT2D eigenvalue weighted by atomic mass is 32.2. The molecule has 1 saturated heterocycles. The molecule has 1 fully saturated rings. The molecule has 0 saturated carbocycles. The Morgan fingerprint density at radius 1 is 1.32 bits per heavy atom. The van der Waals surface area contributed by atoms with Crippen LogP contribution < -0.4 is 0 Å². The van der Waals surface area contributed by atoms with Crippen LogP contribution in [-0.2, 0) is 14.3 Å². The minimum atomic E-state index is -0.541. The summed E-state index contributed by atoms with van der Waals surface area (Å²) in [6.07, 6.45) is 3.50. The Kier molecular flexibility index (Phi) is 7.03. The largest absolute Gasteiger partial charge is 0.466 e. The third kappa shape index (κ3) is 5.38. The minimum Gasteiger partial charge on any atom is -0.466 e. The van der Waals surface area contributed by atoms with Crippen molar-refractivity contribution in [2.24, 2.45) is 5.92 Å². The number of amides is 1. The van der Waals surface area contributed by atoms with Crippen LogP contribution in [0.2, 0.25) is 0 Å². The summed E-state index contributed by atoms with van der Waals surface area (Å²) in [5, 5.41) is 0.387. The van der Waals surface area contributed by atoms with Gasteiger partial charge in [0.25, 0.3) is 0 Å². The lowest BCUT2D eigenvalue weighted by atomic mass is 9.91. The van der Waals surface area contributed by atoms with Crippen LogP contribution in [0, 0.1) is 5.92 Å². The van der Waals surface area contributed by atoms with Crippen LogP contribution >= 0.6 is 11.8 Å². The molecule has 2 unspecified atom stereocenters. The molecule has 0 bridgehead atoms. The van der Waals surface area contributed by atoms with Gasteiger partial charge in [0, 0.05) is 17.8 Å². The van der Waals surface area contributed by atoms with E-state index in [1.807, 2.05) is 34.0 Å². The zero-order chi connectivity index (χ0) is 16.9. The Morgan fingerprint density at radius 2 is 1.95 bits per heavy atom. The van der Waals surface area contributed by atoms with Gasteiger partial charge in [-0.25, -0.2) is 4.79 Å². The van der Waals surface area contributed by atoms with E-state index >= 15 is 0 Å². The van der Waals surface area contributed by atoms with Gasteiger partial charge in [-0.15, -0.1) is 0 Å². The fourth-order valence-corrected chi connectivity index (χ4v) is 3.31. The average molecular weight is 331 g/mol. The van der Waals surface area contributed by atoms with Crippen LogP contribution in [0.3, 0.4) is 0 Å². The minimum absolute atomic E-state index is 0.155. The van der Waals surface area contributed by atoms with Gasteiger partial charge in [-0.2, -0.15) is 11.8 Å². The maximum atomic E-state index is 12.5. The summed E-state index contributed by atoms with van der Waals surface area (Å²) in [5.41, 5.74) is -0.541. The lowest BCUT2D eigenvalue weighted by Gasteiger charge is -2.41. The number of piperidine rings is 1. The number of esters is 1. The van der Waals surface area contributed by atoms with E-state index in [9.17, 15) is 9.59 Å². The van der Waals surface area contributed by atoms with E-state index in [1.165, 1.54) is 0 Å². The molecule has 0 aromatic rings. The molecule has 1 aliphatic heterocycles. The Bertz CT molecular complexity index is 394. The van der Waals surface area contributed by atoms with E-state index in [4.69, 9.17) is 9.47 Å². The molecule has 0 aliphatic carbocycles. The molecule has 0 aromatic heterocycles. The van der Waals surface area contributed by atoms with Crippen molar-refractivity contribution in [3.8, 4) is 0 Å². The Hall–Kier alpha value is -0.910. The molecule has 0 aromatic carbocycles. The molecule has 1 rings (SSSR count). The standard InChI is InChI=1S/C16H29NO4S/c1-7-20-14(18)11(2)13-9-8-12(22-6)10-17(13)15(19)21-16(3,4)5/h11-13H,7-10H2,1-6H3/t11-,12?,13?/m1/s1. The lowest BCUT2D eigenvalue weighted by Crippen LogP contribution is -2.53. The van der Waals surface area contributed by atoms with E-state index in [-0.39, 0.29) is 24.0 Å². The van der Waals surface area contributed by atoms with Crippen LogP contribution in [0.4, 0.5) is 4.79 Å². The topological polar surface area (TPSA) is 55.8 Å². The number of hydrogen-bond acceptors (Lipinski definition) is 5. The van der Waals surface area contributed by atoms with Gasteiger partial charge in [-0.1, -0.05) is 0 Å². The number of likely N-dealkylation sites (tertiary alicyclic amines) is 1. The van der Waals surface area contributed by atoms with Crippen LogP contribution in [0.25, 0.3) is 0 Å². The van der Waals surface area contributed by atoms with Crippen molar-refractivity contribution in [3.05, 3.63) is 0 Å². The summed E-state index contributed by atoms with van der Waals surface area (Å²) in [7, 11) is 0. The Labute approximate surface area is 138 Å². The van der Waals surface area contributed by atoms with Gasteiger partial charge in [0.2, 0.25) is 0 Å². The van der Waals surface area contributed by atoms with Crippen LogP contribution in [0.15, 0.2) is 0 Å². The molecule has 22 heavy (non-hydrogen) atoms. The first-order chi connectivity index (χ1) is 10.2. The van der Waals surface area contributed by atoms with E-state index in [0.29, 0.717) is 18.4 Å². The van der Waals surface area contributed by atoms with E-state index in [2.05, 4.69) is 0 Å². The molecule has 1 heterocycles. The van der Waals surface area contributed by atoms with Crippen molar-refractivity contribution in [1.82, 2.24) is 4.90 Å². The summed E-state index contributed by atoms with van der Waals surface area (Å²) in [5.74, 6) is -0.584. The smallest absolute Gasteiger partial charge is 0.410 e. The first-order valence-corrected chi connectivity index (χ1v) is 9.17. The van der Waals surface area contributed by atoms with Crippen LogP contribution in [-0.4, -0.2) is 53.3 Å². The molecule has 5 nitrogen and oxygen atoms in total. The monoisotopic (exact) mass is 331 g/mol. The van der Waals surface area contributed by atoms with Gasteiger partial charge in [-0.05, 0) is 53.7 Å². The highest BCUT2D eigenvalue weighted by molar-refractivity contribution is 7.99. The quantitative estimate of drug-likeness (QED) is 0.740. The molecule has 3 atom stereocenters. The summed E-state index contributed by atoms with van der Waals surface area (Å²) < 4.78 is 10.6. The first-order valence-electron chi connectivity index (χ1n) is 7.88. The zero-order valence-corrected chi connectivity index (χ0v) is 15.4. The number of carbonyl (C=O) groups is 2. The first kappa shape index (κ1) is 19.1. The molecular formula is C16H29NO4S. The normalized spacial score (nSPS) is 23.8. The zero-order valence-electron chi connectivity index (χ0n) is 14.5. The summed E-state index contributed by atoms with van der Waals surface area (Å²) in [4.78, 5) is 26.3. The van der Waals surface area contributed by atoms with Gasteiger partial charge < -0.3 is 14.4 Å². The highest BCUT2D eigenvalue weighted by Gasteiger charge is 2.39. The fourth-order valence-electron chi connectivity index (χ4n) is 2.63. The van der Waals surface area contributed by atoms with Crippen molar-refractivity contribution in [3.63, 3.8) is 0 Å². The molecule has 6 heteroatoms. The van der Waals surface area contributed by atoms with Gasteiger partial charge in [0.1, 0.15) is 5.60 Å². The average Bonchev–Trinajstić information content (AvgIpc) is 2.44. The number of nitrogens with zero attached hydrogens (tertiary/aromatic N) is 1. The van der Waals surface area contributed by atoms with Crippen LogP contribution in [0.5, 0.6) is 0 Å². The second-order valence-corrected chi connectivity index (χ2v) is 7.81. The number of rotatable bonds is 4. The summed E-state index contributed by atoms with van der Waals surface area (Å²) in [6, 6.07) is -0.155. The van der Waals surface area contributed by atoms with Crippen molar-refractivity contribution < 1.29 is 19.1 Å². The molecule has 1 amide bonds. The maximum absolute atomic E-state index is 12.5. The fraction of sp³-hybridized carbons (Fsp3) is 0.875. The number of thioether (sulfide) groups is 1. The second-order valence-electron chi connectivity index (χ2n) is 6.68. The van der Waals surface area contributed by atoms with Gasteiger partial charge in [-0.3, -0.25) is 4.79 Å². The summed E-state index contributed by atoms with van der Waals surface area (Å²) >= 11 is 1.75. The van der Waals surface area contributed by atoms with E-state index in [0.717, 1.165) is 12.8 Å². The van der Waals surface area contributed by atoms with E-state index in [1.54, 1.807) is 23.6 Å². The number of ether oxygens (including phenoxy) is 2. The van der Waals surface area contributed by atoms with Crippen molar-refractivity contribution in [2.45, 2.75) is 64.4 Å². The SMILES string of the molecule is CCOC(=O)[C@H](C)C1CCC(SC)CN1C(=O)OC(C)(C)C. The molecule has 0 N–H and O–H groups in total. The maximum Gasteiger partial charge on any atom is 0.410 e. The number of carbonyl (C=O) groups excluding carboxylic acids is 2. The molecule has 0 radical (unpaired) electrons. The Morgan fingerprint density at radius 3 is 2.45 bits per heavy atom. The predicted octanol–water partition coefficient (Wildman–Crippen LogP) is 3.32. The summed E-state index contributed by atoms with van der Waals surface area (Å²) in [6.45, 7) is 10.2. The van der Waals surface area contributed by atoms with Crippen molar-refractivity contribution >= 4 is 23.8 Å². The molecule has 0 spiro atoms. The van der Waals surface area contributed by atoms with E-state index < -0.39 is 5.60 Å². The molecule has 1 aliphatic rings. The Balaban J connectivity index is 2.87. The highest BCUT2D eigenvalue weighted by Crippen LogP contribution is 2.30. The van der Waals surface area contributed by atoms with Crippen molar-refractivity contribution in [1.29, 1.82) is 0 Å². The van der Waals surface area contributed by atoms with Crippen LogP contribution in [0.1, 0.15) is 47.5 Å². The third-order valence-electron chi connectivity index (χ3n) is 3.78. The lowest BCUT2D eigenvalue weighted by molar-refractivity contribution is -0.150. The second kappa shape index (κ2) is 8.09. The van der Waals surface area contributed by atoms with Gasteiger partial charge >= 0.3 is 12.1 Å².